The molecule has 0 saturated carbocycles. The maximum Gasteiger partial charge on any atom is 0.193 e. The summed E-state index contributed by atoms with van der Waals surface area (Å²) in [6.07, 6.45) is 5.14. The molecule has 0 aliphatic rings. The number of hydrogen-bond acceptors (Lipinski definition) is 1. The predicted molar refractivity (Wildman–Crippen MR) is 99.7 cm³/mol. The van der Waals surface area contributed by atoms with Crippen molar-refractivity contribution >= 4 is 17.7 Å². The number of nitrogens with zero attached hydrogens (tertiary/aromatic N) is 1. The average Bonchev–Trinajstić information content (AvgIpc) is 2.53. The monoisotopic (exact) mass is 307 g/mol. The maximum absolute atomic E-state index is 7.81. The summed E-state index contributed by atoms with van der Waals surface area (Å²) in [5.41, 5.74) is 9.14. The largest absolute Gasteiger partial charge is 0.370 e. The van der Waals surface area contributed by atoms with Crippen molar-refractivity contribution in [1.29, 1.82) is 5.41 Å². The number of benzene rings is 2. The molecule has 3 heteroatoms. The number of anilines is 1. The molecule has 0 fully saturated rings. The van der Waals surface area contributed by atoms with E-state index in [1.165, 1.54) is 5.56 Å². The first kappa shape index (κ1) is 16.8. The van der Waals surface area contributed by atoms with E-state index in [9.17, 15) is 0 Å². The van der Waals surface area contributed by atoms with Gasteiger partial charge in [0.1, 0.15) is 0 Å². The summed E-state index contributed by atoms with van der Waals surface area (Å²) in [4.78, 5) is 1.79. The van der Waals surface area contributed by atoms with E-state index in [-0.39, 0.29) is 5.96 Å². The summed E-state index contributed by atoms with van der Waals surface area (Å²) in [5, 5.41) is 7.81. The summed E-state index contributed by atoms with van der Waals surface area (Å²) >= 11 is 0. The van der Waals surface area contributed by atoms with Crippen LogP contribution in [0, 0.1) is 11.3 Å². The first-order valence-corrected chi connectivity index (χ1v) is 7.98. The topological polar surface area (TPSA) is 53.1 Å². The molecule has 0 unspecified atom stereocenters. The number of guanidine groups is 1. The quantitative estimate of drug-likeness (QED) is 0.617. The molecule has 2 aromatic rings. The minimum atomic E-state index is 0.0549. The van der Waals surface area contributed by atoms with Crippen LogP contribution in [0.5, 0.6) is 0 Å². The Bertz CT molecular complexity index is 642. The van der Waals surface area contributed by atoms with Gasteiger partial charge in [-0.05, 0) is 35.6 Å². The number of nitrogens with two attached hydrogens (primary N) is 1. The second-order valence-electron chi connectivity index (χ2n) is 6.07. The van der Waals surface area contributed by atoms with Crippen molar-refractivity contribution in [2.45, 2.75) is 20.3 Å². The molecule has 0 bridgehead atoms. The smallest absolute Gasteiger partial charge is 0.193 e. The highest BCUT2D eigenvalue weighted by Gasteiger charge is 2.08. The van der Waals surface area contributed by atoms with Gasteiger partial charge in [0, 0.05) is 12.2 Å². The SMILES string of the molecule is CC(C)Cc1ccc(N(C/C=C/c2ccccc2)C(=N)N)cc1. The summed E-state index contributed by atoms with van der Waals surface area (Å²) in [5.74, 6) is 0.692. The van der Waals surface area contributed by atoms with Crippen molar-refractivity contribution in [3.8, 4) is 0 Å². The molecule has 0 heterocycles. The first-order chi connectivity index (χ1) is 11.1. The Balaban J connectivity index is 2.06. The molecule has 0 aliphatic heterocycles. The number of hydrogen-bond donors (Lipinski definition) is 2. The van der Waals surface area contributed by atoms with Crippen LogP contribution in [0.15, 0.2) is 60.7 Å². The number of nitrogens with one attached hydrogen (secondary N) is 1. The standard InChI is InChI=1S/C20H25N3/c1-16(2)15-18-10-12-19(13-11-18)23(20(21)22)14-6-9-17-7-4-3-5-8-17/h3-13,16H,14-15H2,1-2H3,(H3,21,22)/b9-6+. The first-order valence-electron chi connectivity index (χ1n) is 7.98. The van der Waals surface area contributed by atoms with Crippen LogP contribution in [0.4, 0.5) is 5.69 Å². The van der Waals surface area contributed by atoms with Crippen molar-refractivity contribution in [3.63, 3.8) is 0 Å². The highest BCUT2D eigenvalue weighted by atomic mass is 15.2. The van der Waals surface area contributed by atoms with Gasteiger partial charge in [-0.2, -0.15) is 0 Å². The summed E-state index contributed by atoms with van der Waals surface area (Å²) in [7, 11) is 0. The lowest BCUT2D eigenvalue weighted by Crippen LogP contribution is -2.36. The Morgan fingerprint density at radius 3 is 2.30 bits per heavy atom. The van der Waals surface area contributed by atoms with Crippen LogP contribution < -0.4 is 10.6 Å². The van der Waals surface area contributed by atoms with Crippen molar-refractivity contribution in [2.24, 2.45) is 11.7 Å². The van der Waals surface area contributed by atoms with E-state index in [1.54, 1.807) is 4.90 Å². The summed E-state index contributed by atoms with van der Waals surface area (Å²) in [6, 6.07) is 18.4. The van der Waals surface area contributed by atoms with Gasteiger partial charge in [0.15, 0.2) is 5.96 Å². The zero-order valence-electron chi connectivity index (χ0n) is 13.9. The van der Waals surface area contributed by atoms with Crippen molar-refractivity contribution in [2.75, 3.05) is 11.4 Å². The minimum absolute atomic E-state index is 0.0549. The van der Waals surface area contributed by atoms with E-state index >= 15 is 0 Å². The molecule has 0 atom stereocenters. The second-order valence-corrected chi connectivity index (χ2v) is 6.07. The molecule has 0 spiro atoms. The van der Waals surface area contributed by atoms with Crippen LogP contribution >= 0.6 is 0 Å². The van der Waals surface area contributed by atoms with Gasteiger partial charge >= 0.3 is 0 Å². The van der Waals surface area contributed by atoms with Crippen LogP contribution in [-0.4, -0.2) is 12.5 Å². The minimum Gasteiger partial charge on any atom is -0.370 e. The zero-order chi connectivity index (χ0) is 16.7. The van der Waals surface area contributed by atoms with Gasteiger partial charge < -0.3 is 10.6 Å². The lowest BCUT2D eigenvalue weighted by Gasteiger charge is -2.21. The molecule has 2 rings (SSSR count). The molecule has 3 nitrogen and oxygen atoms in total. The second kappa shape index (κ2) is 8.18. The Morgan fingerprint density at radius 2 is 1.74 bits per heavy atom. The molecule has 0 aliphatic carbocycles. The normalized spacial score (nSPS) is 11.1. The highest BCUT2D eigenvalue weighted by molar-refractivity contribution is 5.92. The molecule has 3 N–H and O–H groups in total. The molecule has 0 radical (unpaired) electrons. The van der Waals surface area contributed by atoms with Crippen LogP contribution in [0.25, 0.3) is 6.08 Å². The van der Waals surface area contributed by atoms with E-state index in [0.717, 1.165) is 17.7 Å². The molecule has 23 heavy (non-hydrogen) atoms. The summed E-state index contributed by atoms with van der Waals surface area (Å²) in [6.45, 7) is 5.00. The highest BCUT2D eigenvalue weighted by Crippen LogP contribution is 2.17. The van der Waals surface area contributed by atoms with Gasteiger partial charge in [0.2, 0.25) is 0 Å². The van der Waals surface area contributed by atoms with Crippen LogP contribution in [-0.2, 0) is 6.42 Å². The van der Waals surface area contributed by atoms with E-state index in [1.807, 2.05) is 42.5 Å². The molecular weight excluding hydrogens is 282 g/mol. The van der Waals surface area contributed by atoms with E-state index in [4.69, 9.17) is 11.1 Å². The third-order valence-electron chi connectivity index (χ3n) is 3.58. The fourth-order valence-electron chi connectivity index (χ4n) is 2.48. The van der Waals surface area contributed by atoms with E-state index in [0.29, 0.717) is 12.5 Å². The Labute approximate surface area is 139 Å². The van der Waals surface area contributed by atoms with Crippen LogP contribution in [0.3, 0.4) is 0 Å². The van der Waals surface area contributed by atoms with Crippen molar-refractivity contribution < 1.29 is 0 Å². The Kier molecular flexibility index (Phi) is 5.98. The third kappa shape index (κ3) is 5.29. The van der Waals surface area contributed by atoms with Crippen molar-refractivity contribution in [1.82, 2.24) is 0 Å². The third-order valence-corrected chi connectivity index (χ3v) is 3.58. The number of rotatable bonds is 6. The molecule has 0 aromatic heterocycles. The maximum atomic E-state index is 7.81. The molecule has 120 valence electrons. The van der Waals surface area contributed by atoms with Gasteiger partial charge in [-0.3, -0.25) is 5.41 Å². The van der Waals surface area contributed by atoms with E-state index < -0.39 is 0 Å². The van der Waals surface area contributed by atoms with Crippen molar-refractivity contribution in [3.05, 3.63) is 71.8 Å². The fourth-order valence-corrected chi connectivity index (χ4v) is 2.48. The van der Waals surface area contributed by atoms with Gasteiger partial charge in [-0.15, -0.1) is 0 Å². The Hall–Kier alpha value is -2.55. The molecule has 2 aromatic carbocycles. The lowest BCUT2D eigenvalue weighted by molar-refractivity contribution is 0.647. The molecular formula is C20H25N3. The zero-order valence-corrected chi connectivity index (χ0v) is 13.9. The average molecular weight is 307 g/mol. The van der Waals surface area contributed by atoms with Crippen LogP contribution in [0.2, 0.25) is 0 Å². The van der Waals surface area contributed by atoms with Gasteiger partial charge in [0.05, 0.1) is 0 Å². The lowest BCUT2D eigenvalue weighted by atomic mass is 10.0. The van der Waals surface area contributed by atoms with Crippen LogP contribution in [0.1, 0.15) is 25.0 Å². The Morgan fingerprint density at radius 1 is 1.09 bits per heavy atom. The summed E-state index contributed by atoms with van der Waals surface area (Å²) < 4.78 is 0. The molecule has 0 amide bonds. The molecule has 0 saturated heterocycles. The predicted octanol–water partition coefficient (Wildman–Crippen LogP) is 4.30. The van der Waals surface area contributed by atoms with E-state index in [2.05, 4.69) is 38.1 Å². The van der Waals surface area contributed by atoms with Gasteiger partial charge in [-0.1, -0.05) is 68.5 Å². The van der Waals surface area contributed by atoms with Gasteiger partial charge in [0.25, 0.3) is 0 Å². The fraction of sp³-hybridized carbons (Fsp3) is 0.250. The van der Waals surface area contributed by atoms with Gasteiger partial charge in [-0.25, -0.2) is 0 Å².